The first-order valence-electron chi connectivity index (χ1n) is 30.1. The van der Waals surface area contributed by atoms with Crippen LogP contribution < -0.4 is 31.9 Å². The minimum atomic E-state index is -4.55. The van der Waals surface area contributed by atoms with Gasteiger partial charge in [0.05, 0.1) is 40.7 Å². The highest BCUT2D eigenvalue weighted by atomic mass is 35.9. The van der Waals surface area contributed by atoms with Crippen LogP contribution in [0.15, 0.2) is 155 Å². The fourth-order valence-electron chi connectivity index (χ4n) is 10.9. The van der Waals surface area contributed by atoms with E-state index in [-0.39, 0.29) is 72.2 Å². The summed E-state index contributed by atoms with van der Waals surface area (Å²) in [5, 5.41) is 33.2. The minimum Gasteiger partial charge on any atom is -0.365 e. The molecular formula is C65H59Cl4F4N13O11P2. The van der Waals surface area contributed by atoms with Gasteiger partial charge in [0.1, 0.15) is 60.6 Å². The lowest BCUT2D eigenvalue weighted by Crippen LogP contribution is -2.38. The number of hydrogen-bond donors (Lipinski definition) is 7. The molecule has 0 saturated carbocycles. The van der Waals surface area contributed by atoms with E-state index in [9.17, 15) is 56.0 Å². The van der Waals surface area contributed by atoms with Crippen LogP contribution in [0.2, 0.25) is 10.0 Å². The van der Waals surface area contributed by atoms with Gasteiger partial charge in [-0.05, 0) is 83.1 Å². The summed E-state index contributed by atoms with van der Waals surface area (Å²) in [6.45, 7) is 2.44. The first kappa shape index (κ1) is 72.7. The number of nitrogens with zero attached hydrogens (tertiary/aromatic N) is 7. The molecule has 2 aliphatic rings. The Morgan fingerprint density at radius 1 is 0.626 bits per heavy atom. The summed E-state index contributed by atoms with van der Waals surface area (Å²) in [6.07, 6.45) is -0.604. The Morgan fingerprint density at radius 3 is 1.65 bits per heavy atom. The smallest absolute Gasteiger partial charge is 0.319 e. The molecule has 99 heavy (non-hydrogen) atoms. The summed E-state index contributed by atoms with van der Waals surface area (Å²) < 4.78 is 96.6. The van der Waals surface area contributed by atoms with Gasteiger partial charge in [0.2, 0.25) is 17.7 Å². The maximum Gasteiger partial charge on any atom is 0.319 e. The van der Waals surface area contributed by atoms with Crippen LogP contribution >= 0.6 is 59.1 Å². The summed E-state index contributed by atoms with van der Waals surface area (Å²) in [4.78, 5) is 85.8. The molecular weight excluding hydrogens is 1420 g/mol. The van der Waals surface area contributed by atoms with Gasteiger partial charge in [0.15, 0.2) is 23.2 Å². The lowest BCUT2D eigenvalue weighted by molar-refractivity contribution is -0.119. The van der Waals surface area contributed by atoms with Crippen molar-refractivity contribution >= 4 is 139 Å². The van der Waals surface area contributed by atoms with Gasteiger partial charge in [-0.1, -0.05) is 94.2 Å². The van der Waals surface area contributed by atoms with Gasteiger partial charge in [-0.25, -0.2) is 27.0 Å². The van der Waals surface area contributed by atoms with E-state index in [1.165, 1.54) is 67.5 Å². The average Bonchev–Trinajstić information content (AvgIpc) is 1.65. The maximum absolute atomic E-state index is 15.6. The fraction of sp³-hybridized carbons (Fsp3) is 0.231. The van der Waals surface area contributed by atoms with Crippen molar-refractivity contribution in [1.29, 1.82) is 0 Å². The number of ketones is 2. The predicted molar refractivity (Wildman–Crippen MR) is 367 cm³/mol. The largest absolute Gasteiger partial charge is 0.365 e. The Morgan fingerprint density at radius 2 is 1.14 bits per heavy atom. The number of alkyl halides is 2. The van der Waals surface area contributed by atoms with Crippen molar-refractivity contribution in [3.05, 3.63) is 190 Å². The Hall–Kier alpha value is -9.08. The molecule has 2 fully saturated rings. The van der Waals surface area contributed by atoms with Crippen LogP contribution in [0, 0.1) is 11.6 Å². The molecule has 0 radical (unpaired) electrons. The first-order valence-corrected chi connectivity index (χ1v) is 36.4. The van der Waals surface area contributed by atoms with E-state index in [2.05, 4.69) is 56.9 Å². The topological polar surface area (TPSA) is 320 Å². The Bertz CT molecular complexity index is 4780. The second-order valence-electron chi connectivity index (χ2n) is 22.7. The van der Waals surface area contributed by atoms with Crippen LogP contribution in [0.5, 0.6) is 0 Å². The van der Waals surface area contributed by atoms with Crippen molar-refractivity contribution in [1.82, 2.24) is 45.2 Å². The number of benzene rings is 6. The summed E-state index contributed by atoms with van der Waals surface area (Å²) in [5.41, 5.74) is 4.21. The number of Topliss-reactive ketones (excluding diaryl/α,β-unsaturated/α-hetero) is 2. The fourth-order valence-corrected chi connectivity index (χ4v) is 14.3. The third-order valence-electron chi connectivity index (χ3n) is 15.5. The van der Waals surface area contributed by atoms with Gasteiger partial charge >= 0.3 is 6.03 Å². The Kier molecular flexibility index (Phi) is 23.4. The molecule has 6 heterocycles. The Balaban J connectivity index is 0.000000178. The van der Waals surface area contributed by atoms with Gasteiger partial charge < -0.3 is 45.8 Å². The monoisotopic (exact) mass is 1480 g/mol. The highest BCUT2D eigenvalue weighted by Crippen LogP contribution is 2.58. The summed E-state index contributed by atoms with van der Waals surface area (Å²) >= 11 is 23.6. The van der Waals surface area contributed by atoms with E-state index in [1.54, 1.807) is 97.1 Å². The van der Waals surface area contributed by atoms with Crippen LogP contribution in [0.25, 0.3) is 44.1 Å². The number of halogens is 8. The zero-order valence-electron chi connectivity index (χ0n) is 52.1. The standard InChI is InChI=1S/C33H30ClF2N6O6P.C17H15ClF2N2O.C15H14Cl2N5O4P/c1-19(43)32-25-16-22(37-30(44)12-10-21-13-14-48-40-21)9-11-28(25)41(39-32)18-49(46,47)42-17-20(35)15-29(42)33(45)38-27-8-4-6-24(31(27)36)23-5-2-3-7-26(23)34;18-13-6-2-1-4-11(13)12-5-3-7-14(16(12)20)22-17(23)15-8-10(19)9-21-15;1-9(23)14-12-6-10(19-15(24)18-7-11-4-5-26-21-11)2-3-13(12)22(20-14)8-27(16,17)25/h2-9,11,13-14,16,20,29H,10,12,15,17-18H2,1H3,(H,37,44)(H,38,45)(H,46,47);1-7,10,15,21H,8-9H2,(H,22,23);2-6H,7-8H2,1H3,(H2,18,19,24)/t20-,29+;10-,15+;/m11./s1. The molecule has 24 nitrogen and oxygen atoms in total. The molecule has 7 N–H and O–H groups in total. The first-order chi connectivity index (χ1) is 47.2. The van der Waals surface area contributed by atoms with E-state index in [0.29, 0.717) is 77.7 Å². The molecule has 5 atom stereocenters. The summed E-state index contributed by atoms with van der Waals surface area (Å²) in [6, 6.07) is 32.8. The van der Waals surface area contributed by atoms with Gasteiger partial charge in [-0.3, -0.25) is 42.5 Å². The van der Waals surface area contributed by atoms with Crippen molar-refractivity contribution in [2.75, 3.05) is 34.4 Å². The van der Waals surface area contributed by atoms with Crippen molar-refractivity contribution in [2.24, 2.45) is 0 Å². The van der Waals surface area contributed by atoms with Crippen LogP contribution in [0.1, 0.15) is 65.5 Å². The number of fused-ring (bicyclic) bond motifs is 2. The van der Waals surface area contributed by atoms with E-state index < -0.39 is 92.3 Å². The zero-order valence-corrected chi connectivity index (χ0v) is 56.9. The highest BCUT2D eigenvalue weighted by Gasteiger charge is 2.46. The molecule has 1 unspecified atom stereocenters. The number of amides is 5. The molecule has 10 aromatic rings. The molecule has 4 aromatic heterocycles. The molecule has 6 aromatic carbocycles. The van der Waals surface area contributed by atoms with Gasteiger partial charge in [0, 0.05) is 119 Å². The van der Waals surface area contributed by atoms with E-state index in [1.807, 2.05) is 0 Å². The van der Waals surface area contributed by atoms with Crippen molar-refractivity contribution in [3.8, 4) is 22.3 Å². The SMILES string of the molecule is CC(=O)c1nn(CP(=O)(Cl)Cl)c2ccc(NC(=O)NCc3ccon3)cc12.CC(=O)c1nn(CP(=O)(O)N2C[C@H](F)C[C@H]2C(=O)Nc2cccc(-c3ccccc3Cl)c2F)c2ccc(NC(=O)CCc3ccon3)cc12.O=C(Nc1cccc(-c2ccccc2Cl)c1F)[C@@H]1C[C@@H](F)CN1. The van der Waals surface area contributed by atoms with Crippen molar-refractivity contribution in [2.45, 2.75) is 83.1 Å². The van der Waals surface area contributed by atoms with E-state index in [0.717, 1.165) is 9.35 Å². The number of anilines is 4. The van der Waals surface area contributed by atoms with Crippen molar-refractivity contribution < 1.29 is 69.4 Å². The van der Waals surface area contributed by atoms with Crippen molar-refractivity contribution in [3.63, 3.8) is 0 Å². The normalized spacial score (nSPS) is 16.6. The molecule has 12 rings (SSSR count). The summed E-state index contributed by atoms with van der Waals surface area (Å²) in [7, 11) is -4.55. The number of aromatic nitrogens is 6. The second kappa shape index (κ2) is 31.8. The molecule has 0 bridgehead atoms. The van der Waals surface area contributed by atoms with Crippen LogP contribution in [-0.2, 0) is 49.1 Å². The zero-order chi connectivity index (χ0) is 70.9. The molecule has 516 valence electrons. The van der Waals surface area contributed by atoms with Gasteiger partial charge in [0.25, 0.3) is 13.4 Å². The third-order valence-corrected chi connectivity index (χ3v) is 19.3. The van der Waals surface area contributed by atoms with Gasteiger partial charge in [-0.15, -0.1) is 0 Å². The molecule has 2 saturated heterocycles. The van der Waals surface area contributed by atoms with E-state index >= 15 is 4.39 Å². The number of rotatable bonds is 20. The lowest BCUT2D eigenvalue weighted by Gasteiger charge is -2.28. The number of urea groups is 1. The number of hydrogen-bond acceptors (Lipinski definition) is 15. The summed E-state index contributed by atoms with van der Waals surface area (Å²) in [5.74, 6) is -7.13. The average molecular weight is 1480 g/mol. The highest BCUT2D eigenvalue weighted by molar-refractivity contribution is 8.07. The Labute approximate surface area is 580 Å². The molecule has 2 aliphatic heterocycles. The van der Waals surface area contributed by atoms with E-state index in [4.69, 9.17) is 50.2 Å². The third kappa shape index (κ3) is 18.2. The van der Waals surface area contributed by atoms with Crippen LogP contribution in [0.4, 0.5) is 45.1 Å². The maximum atomic E-state index is 15.6. The molecule has 5 amide bonds. The van der Waals surface area contributed by atoms with Gasteiger partial charge in [-0.2, -0.15) is 10.2 Å². The second-order valence-corrected chi connectivity index (χ2v) is 30.8. The number of aryl methyl sites for hydroxylation is 1. The molecule has 0 spiro atoms. The quantitative estimate of drug-likeness (QED) is 0.0212. The molecule has 34 heteroatoms. The minimum absolute atomic E-state index is 0.0124. The van der Waals surface area contributed by atoms with Crippen LogP contribution in [0.3, 0.4) is 0 Å². The number of carbonyl (C=O) groups is 6. The predicted octanol–water partition coefficient (Wildman–Crippen LogP) is 14.4. The number of nitrogens with one attached hydrogen (secondary N) is 6. The number of carbonyl (C=O) groups excluding carboxylic acids is 6. The lowest BCUT2D eigenvalue weighted by atomic mass is 10.0. The van der Waals surface area contributed by atoms with Crippen LogP contribution in [-0.4, -0.2) is 112 Å². The molecule has 0 aliphatic carbocycles.